The molecule has 0 saturated carbocycles. The summed E-state index contributed by atoms with van der Waals surface area (Å²) in [5.74, 6) is 0. The zero-order valence-corrected chi connectivity index (χ0v) is 6.42. The van der Waals surface area contributed by atoms with Crippen LogP contribution in [0, 0.1) is 0 Å². The molecular formula is C9H14O. The maximum Gasteiger partial charge on any atom is 0.0654 e. The van der Waals surface area contributed by atoms with Gasteiger partial charge in [-0.15, -0.1) is 6.58 Å². The number of ether oxygens (including phenoxy) is 1. The van der Waals surface area contributed by atoms with Gasteiger partial charge in [0.25, 0.3) is 0 Å². The van der Waals surface area contributed by atoms with E-state index in [1.807, 2.05) is 31.2 Å². The van der Waals surface area contributed by atoms with Gasteiger partial charge in [-0.05, 0) is 6.92 Å². The fourth-order valence-corrected chi connectivity index (χ4v) is 0.465. The third kappa shape index (κ3) is 7.18. The lowest BCUT2D eigenvalue weighted by Gasteiger charge is -1.91. The number of allylic oxidation sites excluding steroid dienone is 3. The molecule has 0 aromatic heterocycles. The van der Waals surface area contributed by atoms with Crippen LogP contribution >= 0.6 is 0 Å². The van der Waals surface area contributed by atoms with Gasteiger partial charge in [0.2, 0.25) is 0 Å². The van der Waals surface area contributed by atoms with Gasteiger partial charge in [0.15, 0.2) is 0 Å². The van der Waals surface area contributed by atoms with Crippen molar-refractivity contribution in [2.75, 3.05) is 13.2 Å². The first-order chi connectivity index (χ1) is 4.91. The Labute approximate surface area is 62.7 Å². The van der Waals surface area contributed by atoms with Crippen LogP contribution in [0.5, 0.6) is 0 Å². The van der Waals surface area contributed by atoms with Crippen molar-refractivity contribution in [1.82, 2.24) is 0 Å². The van der Waals surface area contributed by atoms with Gasteiger partial charge in [-0.3, -0.25) is 0 Å². The van der Waals surface area contributed by atoms with Crippen molar-refractivity contribution in [2.45, 2.75) is 6.92 Å². The zero-order chi connectivity index (χ0) is 7.66. The zero-order valence-electron chi connectivity index (χ0n) is 6.42. The van der Waals surface area contributed by atoms with Crippen LogP contribution in [0.2, 0.25) is 0 Å². The van der Waals surface area contributed by atoms with Gasteiger partial charge in [0.05, 0.1) is 13.2 Å². The molecule has 0 radical (unpaired) electrons. The summed E-state index contributed by atoms with van der Waals surface area (Å²) < 4.78 is 5.09. The molecule has 0 fully saturated rings. The molecule has 0 amide bonds. The SMILES string of the molecule is C=CCOCC=CC=CC. The molecule has 0 unspecified atom stereocenters. The molecule has 0 spiro atoms. The molecule has 1 nitrogen and oxygen atoms in total. The van der Waals surface area contributed by atoms with Crippen molar-refractivity contribution in [2.24, 2.45) is 0 Å². The lowest BCUT2D eigenvalue weighted by Crippen LogP contribution is -1.88. The van der Waals surface area contributed by atoms with E-state index in [0.717, 1.165) is 0 Å². The molecular weight excluding hydrogens is 124 g/mol. The Kier molecular flexibility index (Phi) is 7.51. The van der Waals surface area contributed by atoms with Gasteiger partial charge in [-0.1, -0.05) is 30.4 Å². The minimum atomic E-state index is 0.625. The Morgan fingerprint density at radius 1 is 1.30 bits per heavy atom. The van der Waals surface area contributed by atoms with Crippen LogP contribution < -0.4 is 0 Å². The third-order valence-electron chi connectivity index (χ3n) is 0.889. The quantitative estimate of drug-likeness (QED) is 0.322. The normalized spacial score (nSPS) is 11.3. The lowest BCUT2D eigenvalue weighted by atomic mass is 10.4. The molecule has 0 atom stereocenters. The van der Waals surface area contributed by atoms with Gasteiger partial charge >= 0.3 is 0 Å². The second kappa shape index (κ2) is 8.18. The van der Waals surface area contributed by atoms with Crippen LogP contribution in [0.4, 0.5) is 0 Å². The van der Waals surface area contributed by atoms with E-state index in [1.54, 1.807) is 6.08 Å². The Morgan fingerprint density at radius 3 is 2.70 bits per heavy atom. The summed E-state index contributed by atoms with van der Waals surface area (Å²) in [5.41, 5.74) is 0. The number of hydrogen-bond acceptors (Lipinski definition) is 1. The summed E-state index contributed by atoms with van der Waals surface area (Å²) in [6.45, 7) is 6.80. The summed E-state index contributed by atoms with van der Waals surface area (Å²) in [6.07, 6.45) is 9.61. The molecule has 10 heavy (non-hydrogen) atoms. The first kappa shape index (κ1) is 9.18. The van der Waals surface area contributed by atoms with E-state index >= 15 is 0 Å². The summed E-state index contributed by atoms with van der Waals surface area (Å²) in [6, 6.07) is 0. The van der Waals surface area contributed by atoms with E-state index in [1.165, 1.54) is 0 Å². The topological polar surface area (TPSA) is 9.23 Å². The molecule has 0 aliphatic rings. The minimum Gasteiger partial charge on any atom is -0.373 e. The molecule has 0 aromatic rings. The molecule has 1 heteroatoms. The van der Waals surface area contributed by atoms with Crippen LogP contribution in [-0.4, -0.2) is 13.2 Å². The third-order valence-corrected chi connectivity index (χ3v) is 0.889. The molecule has 0 N–H and O–H groups in total. The van der Waals surface area contributed by atoms with Gasteiger partial charge in [0.1, 0.15) is 0 Å². The first-order valence-corrected chi connectivity index (χ1v) is 3.38. The van der Waals surface area contributed by atoms with E-state index in [4.69, 9.17) is 4.74 Å². The molecule has 56 valence electrons. The highest BCUT2D eigenvalue weighted by Crippen LogP contribution is 1.79. The second-order valence-electron chi connectivity index (χ2n) is 1.78. The predicted molar refractivity (Wildman–Crippen MR) is 45.0 cm³/mol. The average Bonchev–Trinajstić information content (AvgIpc) is 1.97. The molecule has 0 rings (SSSR count). The Hall–Kier alpha value is -0.820. The van der Waals surface area contributed by atoms with Crippen molar-refractivity contribution in [3.05, 3.63) is 37.0 Å². The largest absolute Gasteiger partial charge is 0.373 e. The molecule has 0 aliphatic carbocycles. The molecule has 0 heterocycles. The standard InChI is InChI=1S/C9H14O/c1-3-5-6-7-9-10-8-4-2/h3-7H,2,8-9H2,1H3. The highest BCUT2D eigenvalue weighted by atomic mass is 16.5. The van der Waals surface area contributed by atoms with Crippen LogP contribution in [0.15, 0.2) is 37.0 Å². The van der Waals surface area contributed by atoms with Gasteiger partial charge in [-0.25, -0.2) is 0 Å². The highest BCUT2D eigenvalue weighted by molar-refractivity contribution is 5.00. The molecule has 0 aromatic carbocycles. The second-order valence-corrected chi connectivity index (χ2v) is 1.78. The maximum atomic E-state index is 5.09. The minimum absolute atomic E-state index is 0.625. The molecule has 0 bridgehead atoms. The lowest BCUT2D eigenvalue weighted by molar-refractivity contribution is 0.194. The summed E-state index contributed by atoms with van der Waals surface area (Å²) in [7, 11) is 0. The van der Waals surface area contributed by atoms with Gasteiger partial charge < -0.3 is 4.74 Å². The summed E-state index contributed by atoms with van der Waals surface area (Å²) in [4.78, 5) is 0. The average molecular weight is 138 g/mol. The monoisotopic (exact) mass is 138 g/mol. The predicted octanol–water partition coefficient (Wildman–Crippen LogP) is 2.32. The van der Waals surface area contributed by atoms with E-state index in [0.29, 0.717) is 13.2 Å². The Bertz CT molecular complexity index is 123. The van der Waals surface area contributed by atoms with E-state index in [9.17, 15) is 0 Å². The van der Waals surface area contributed by atoms with Crippen molar-refractivity contribution >= 4 is 0 Å². The molecule has 0 aliphatic heterocycles. The van der Waals surface area contributed by atoms with Crippen LogP contribution in [-0.2, 0) is 4.74 Å². The maximum absolute atomic E-state index is 5.09. The van der Waals surface area contributed by atoms with Crippen molar-refractivity contribution in [3.8, 4) is 0 Å². The smallest absolute Gasteiger partial charge is 0.0654 e. The molecule has 0 saturated heterocycles. The van der Waals surface area contributed by atoms with E-state index in [-0.39, 0.29) is 0 Å². The van der Waals surface area contributed by atoms with Crippen molar-refractivity contribution < 1.29 is 4.74 Å². The van der Waals surface area contributed by atoms with E-state index < -0.39 is 0 Å². The van der Waals surface area contributed by atoms with Gasteiger partial charge in [-0.2, -0.15) is 0 Å². The Morgan fingerprint density at radius 2 is 2.10 bits per heavy atom. The first-order valence-electron chi connectivity index (χ1n) is 3.38. The van der Waals surface area contributed by atoms with Crippen LogP contribution in [0.1, 0.15) is 6.92 Å². The van der Waals surface area contributed by atoms with Gasteiger partial charge in [0, 0.05) is 0 Å². The Balaban J connectivity index is 3.09. The summed E-state index contributed by atoms with van der Waals surface area (Å²) in [5, 5.41) is 0. The fraction of sp³-hybridized carbons (Fsp3) is 0.333. The van der Waals surface area contributed by atoms with Crippen molar-refractivity contribution in [1.29, 1.82) is 0 Å². The van der Waals surface area contributed by atoms with Crippen molar-refractivity contribution in [3.63, 3.8) is 0 Å². The number of hydrogen-bond donors (Lipinski definition) is 0. The highest BCUT2D eigenvalue weighted by Gasteiger charge is 1.73. The summed E-state index contributed by atoms with van der Waals surface area (Å²) >= 11 is 0. The number of rotatable bonds is 5. The van der Waals surface area contributed by atoms with Crippen LogP contribution in [0.25, 0.3) is 0 Å². The fourth-order valence-electron chi connectivity index (χ4n) is 0.465. The van der Waals surface area contributed by atoms with E-state index in [2.05, 4.69) is 6.58 Å². The van der Waals surface area contributed by atoms with Crippen LogP contribution in [0.3, 0.4) is 0 Å².